The van der Waals surface area contributed by atoms with Crippen molar-refractivity contribution in [3.8, 4) is 0 Å². The van der Waals surface area contributed by atoms with Gasteiger partial charge in [-0.05, 0) is 30.0 Å². The summed E-state index contributed by atoms with van der Waals surface area (Å²) in [4.78, 5) is 11.5. The van der Waals surface area contributed by atoms with E-state index in [9.17, 15) is 4.79 Å². The quantitative estimate of drug-likeness (QED) is 0.443. The zero-order chi connectivity index (χ0) is 12.0. The molecule has 0 aliphatic carbocycles. The molecule has 0 saturated carbocycles. The van der Waals surface area contributed by atoms with Gasteiger partial charge in [-0.1, -0.05) is 35.9 Å². The zero-order valence-corrected chi connectivity index (χ0v) is 9.91. The van der Waals surface area contributed by atoms with Crippen LogP contribution < -0.4 is 5.63 Å². The van der Waals surface area contributed by atoms with E-state index >= 15 is 0 Å². The Kier molecular flexibility index (Phi) is 2.20. The van der Waals surface area contributed by atoms with Crippen LogP contribution in [0.25, 0.3) is 21.7 Å². The van der Waals surface area contributed by atoms with Gasteiger partial charge >= 0.3 is 5.63 Å². The third-order valence-corrected chi connectivity index (χ3v) is 3.17. The summed E-state index contributed by atoms with van der Waals surface area (Å²) >= 11 is 5.78. The van der Waals surface area contributed by atoms with Crippen molar-refractivity contribution in [2.45, 2.75) is 6.92 Å². The van der Waals surface area contributed by atoms with Gasteiger partial charge in [-0.2, -0.15) is 0 Å². The van der Waals surface area contributed by atoms with Crippen molar-refractivity contribution in [2.75, 3.05) is 0 Å². The van der Waals surface area contributed by atoms with Crippen LogP contribution in [0.4, 0.5) is 0 Å². The molecule has 0 saturated heterocycles. The maximum atomic E-state index is 11.5. The van der Waals surface area contributed by atoms with Crippen molar-refractivity contribution in [1.29, 1.82) is 0 Å². The molecule has 0 amide bonds. The zero-order valence-electron chi connectivity index (χ0n) is 9.16. The molecule has 0 aliphatic rings. The minimum atomic E-state index is -0.492. The number of benzene rings is 2. The van der Waals surface area contributed by atoms with Crippen LogP contribution >= 0.6 is 11.6 Å². The molecular formula is C14H9ClO2. The van der Waals surface area contributed by atoms with Gasteiger partial charge in [0.25, 0.3) is 0 Å². The standard InChI is InChI=1S/C14H9ClO2/c1-8-6-9-7-12(15)14(16)17-13(9)11-5-3-2-4-10(8)11/h2-7H,1H3. The maximum Gasteiger partial charge on any atom is 0.355 e. The second kappa shape index (κ2) is 3.60. The molecule has 84 valence electrons. The third kappa shape index (κ3) is 1.53. The Morgan fingerprint density at radius 2 is 1.82 bits per heavy atom. The van der Waals surface area contributed by atoms with Crippen LogP contribution in [-0.2, 0) is 0 Å². The van der Waals surface area contributed by atoms with E-state index in [1.807, 2.05) is 37.3 Å². The van der Waals surface area contributed by atoms with Gasteiger partial charge < -0.3 is 4.42 Å². The maximum absolute atomic E-state index is 11.5. The highest BCUT2D eigenvalue weighted by Crippen LogP contribution is 2.28. The Hall–Kier alpha value is -1.80. The number of rotatable bonds is 0. The lowest BCUT2D eigenvalue weighted by molar-refractivity contribution is 0.564. The van der Waals surface area contributed by atoms with Crippen LogP contribution in [0.3, 0.4) is 0 Å². The Morgan fingerprint density at radius 1 is 1.12 bits per heavy atom. The van der Waals surface area contributed by atoms with E-state index in [0.29, 0.717) is 5.58 Å². The van der Waals surface area contributed by atoms with Crippen LogP contribution in [-0.4, -0.2) is 0 Å². The molecule has 2 nitrogen and oxygen atoms in total. The molecule has 1 aromatic heterocycles. The van der Waals surface area contributed by atoms with E-state index < -0.39 is 5.63 Å². The lowest BCUT2D eigenvalue weighted by Gasteiger charge is -2.05. The van der Waals surface area contributed by atoms with E-state index in [1.165, 1.54) is 0 Å². The van der Waals surface area contributed by atoms with Crippen molar-refractivity contribution in [1.82, 2.24) is 0 Å². The van der Waals surface area contributed by atoms with E-state index in [-0.39, 0.29) is 5.02 Å². The summed E-state index contributed by atoms with van der Waals surface area (Å²) in [5.74, 6) is 0. The van der Waals surface area contributed by atoms with Gasteiger partial charge in [-0.15, -0.1) is 0 Å². The van der Waals surface area contributed by atoms with Crippen molar-refractivity contribution < 1.29 is 4.42 Å². The average molecular weight is 245 g/mol. The molecule has 0 fully saturated rings. The number of hydrogen-bond acceptors (Lipinski definition) is 2. The summed E-state index contributed by atoms with van der Waals surface area (Å²) in [6, 6.07) is 11.5. The largest absolute Gasteiger partial charge is 0.421 e. The molecule has 3 aromatic rings. The molecule has 3 rings (SSSR count). The highest BCUT2D eigenvalue weighted by molar-refractivity contribution is 6.31. The average Bonchev–Trinajstić information content (AvgIpc) is 2.32. The Labute approximate surface area is 102 Å². The molecule has 1 heterocycles. The van der Waals surface area contributed by atoms with Crippen molar-refractivity contribution >= 4 is 33.3 Å². The smallest absolute Gasteiger partial charge is 0.355 e. The molecule has 2 aromatic carbocycles. The van der Waals surface area contributed by atoms with E-state index in [4.69, 9.17) is 16.0 Å². The minimum absolute atomic E-state index is 0.118. The third-order valence-electron chi connectivity index (χ3n) is 2.90. The van der Waals surface area contributed by atoms with E-state index in [0.717, 1.165) is 21.7 Å². The molecule has 0 radical (unpaired) electrons. The summed E-state index contributed by atoms with van der Waals surface area (Å²) in [7, 11) is 0. The Balaban J connectivity index is 2.63. The van der Waals surface area contributed by atoms with Crippen molar-refractivity contribution in [3.63, 3.8) is 0 Å². The summed E-state index contributed by atoms with van der Waals surface area (Å²) in [5.41, 5.74) is 1.24. The topological polar surface area (TPSA) is 30.2 Å². The van der Waals surface area contributed by atoms with Gasteiger partial charge in [0.05, 0.1) is 0 Å². The van der Waals surface area contributed by atoms with E-state index in [2.05, 4.69) is 0 Å². The van der Waals surface area contributed by atoms with Gasteiger partial charge in [-0.25, -0.2) is 4.79 Å². The van der Waals surface area contributed by atoms with Crippen LogP contribution in [0.1, 0.15) is 5.56 Å². The molecule has 0 aliphatic heterocycles. The number of fused-ring (bicyclic) bond motifs is 3. The summed E-state index contributed by atoms with van der Waals surface area (Å²) in [6.07, 6.45) is 0. The molecule has 17 heavy (non-hydrogen) atoms. The van der Waals surface area contributed by atoms with Gasteiger partial charge in [0.2, 0.25) is 0 Å². The summed E-state index contributed by atoms with van der Waals surface area (Å²) in [5, 5.41) is 3.00. The first-order chi connectivity index (χ1) is 8.16. The lowest BCUT2D eigenvalue weighted by Crippen LogP contribution is -1.98. The lowest BCUT2D eigenvalue weighted by atomic mass is 10.0. The van der Waals surface area contributed by atoms with Crippen molar-refractivity contribution in [2.24, 2.45) is 0 Å². The Morgan fingerprint density at radius 3 is 2.59 bits per heavy atom. The summed E-state index contributed by atoms with van der Waals surface area (Å²) < 4.78 is 5.27. The second-order valence-corrected chi connectivity index (χ2v) is 4.45. The predicted molar refractivity (Wildman–Crippen MR) is 69.7 cm³/mol. The molecule has 0 atom stereocenters. The first kappa shape index (κ1) is 10.4. The van der Waals surface area contributed by atoms with Crippen molar-refractivity contribution in [3.05, 3.63) is 57.4 Å². The first-order valence-corrected chi connectivity index (χ1v) is 5.66. The Bertz CT molecular complexity index is 787. The highest BCUT2D eigenvalue weighted by Gasteiger charge is 2.08. The number of aryl methyl sites for hydroxylation is 1. The van der Waals surface area contributed by atoms with Gasteiger partial charge in [0.1, 0.15) is 10.6 Å². The molecule has 0 spiro atoms. The van der Waals surface area contributed by atoms with Gasteiger partial charge in [0, 0.05) is 10.8 Å². The minimum Gasteiger partial charge on any atom is -0.421 e. The molecular weight excluding hydrogens is 236 g/mol. The monoisotopic (exact) mass is 244 g/mol. The molecule has 0 bridgehead atoms. The van der Waals surface area contributed by atoms with Gasteiger partial charge in [0.15, 0.2) is 0 Å². The molecule has 3 heteroatoms. The number of hydrogen-bond donors (Lipinski definition) is 0. The SMILES string of the molecule is Cc1cc2cc(Cl)c(=O)oc2c2ccccc12. The molecule has 0 N–H and O–H groups in total. The van der Waals surface area contributed by atoms with Crippen LogP contribution in [0, 0.1) is 6.92 Å². The first-order valence-electron chi connectivity index (χ1n) is 5.28. The fraction of sp³-hybridized carbons (Fsp3) is 0.0714. The fourth-order valence-corrected chi connectivity index (χ4v) is 2.27. The second-order valence-electron chi connectivity index (χ2n) is 4.04. The van der Waals surface area contributed by atoms with E-state index in [1.54, 1.807) is 6.07 Å². The highest BCUT2D eigenvalue weighted by atomic mass is 35.5. The number of halogens is 1. The van der Waals surface area contributed by atoms with Crippen LogP contribution in [0.5, 0.6) is 0 Å². The van der Waals surface area contributed by atoms with Crippen LogP contribution in [0.15, 0.2) is 45.6 Å². The summed E-state index contributed by atoms with van der Waals surface area (Å²) in [6.45, 7) is 2.03. The fourth-order valence-electron chi connectivity index (χ4n) is 2.12. The predicted octanol–water partition coefficient (Wildman–Crippen LogP) is 3.91. The molecule has 0 unspecified atom stereocenters. The van der Waals surface area contributed by atoms with Gasteiger partial charge in [-0.3, -0.25) is 0 Å². The normalized spacial score (nSPS) is 11.2. The van der Waals surface area contributed by atoms with Crippen LogP contribution in [0.2, 0.25) is 5.02 Å².